The standard InChI is InChI=1S/C23H19NO3.C21H15NO3.C17H14BrNO3.C6H7BO2.CH2Cl2.CH4.BBr3/c1-27-19-10-8-18(9-11-19)24-14-22(17-5-3-2-4-6-17)21-13-16(15-25)7-12-20(21)23(24)26;23-16-8-6-15(7-9-16)22-13-20(14-4-2-1-3-5-14)19-12-17(24)10-11-18(19)21(22)25;1-22-13-5-3-12(4-6-13)19-9-16(18)15-8-11(10-20)2-7-14(15)17(19)21;8-7(9)6-4-2-1-3-5-6;2-1-3;;2-1(3)4/h2-14,25H,15H2,1H3;1-13,23-24H;2-9,20H,10H2,1H3;1-5,8-9H;1H2;1H4;. The van der Waals surface area contributed by atoms with Crippen LogP contribution >= 0.6 is 86.4 Å². The zero-order chi connectivity index (χ0) is 64.9. The maximum absolute atomic E-state index is 13.1. The van der Waals surface area contributed by atoms with Crippen molar-refractivity contribution >= 4 is 134 Å². The van der Waals surface area contributed by atoms with E-state index in [0.29, 0.717) is 32.7 Å². The Balaban J connectivity index is 0.000000193. The first-order valence-corrected chi connectivity index (χ1v) is 31.8. The number of halogens is 6. The molecule has 0 bridgehead atoms. The number of aromatic nitrogens is 3. The minimum absolute atomic E-state index is 0. The fourth-order valence-electron chi connectivity index (χ4n) is 9.25. The van der Waals surface area contributed by atoms with E-state index in [4.69, 9.17) is 42.7 Å². The monoisotopic (exact) mass is 1520 g/mol. The number of fused-ring (bicyclic) bond motifs is 3. The topological polar surface area (TPSA) is 206 Å². The zero-order valence-electron chi connectivity index (χ0n) is 48.1. The van der Waals surface area contributed by atoms with Gasteiger partial charge in [-0.05, 0) is 164 Å². The highest BCUT2D eigenvalue weighted by atomic mass is 79.9. The Bertz CT molecular complexity index is 4480. The van der Waals surface area contributed by atoms with Crippen molar-refractivity contribution in [1.82, 2.24) is 13.7 Å². The summed E-state index contributed by atoms with van der Waals surface area (Å²) in [7, 11) is 1.88. The van der Waals surface area contributed by atoms with Gasteiger partial charge in [0.25, 0.3) is 16.7 Å². The van der Waals surface area contributed by atoms with Gasteiger partial charge in [0.15, 0.2) is 0 Å². The molecule has 0 aliphatic heterocycles. The van der Waals surface area contributed by atoms with E-state index in [2.05, 4.69) is 63.2 Å². The fraction of sp³-hybridized carbons (Fsp3) is 0.0870. The van der Waals surface area contributed by atoms with Gasteiger partial charge < -0.3 is 39.9 Å². The molecule has 12 aromatic rings. The number of aromatic hydroxyl groups is 2. The minimum Gasteiger partial charge on any atom is -0.508 e. The highest BCUT2D eigenvalue weighted by molar-refractivity contribution is 9.69. The van der Waals surface area contributed by atoms with E-state index >= 15 is 0 Å². The molecule has 3 heterocycles. The van der Waals surface area contributed by atoms with Crippen molar-refractivity contribution in [3.63, 3.8) is 0 Å². The highest BCUT2D eigenvalue weighted by Gasteiger charge is 2.16. The second-order valence-corrected chi connectivity index (χ2v) is 27.3. The Morgan fingerprint density at radius 3 is 1.14 bits per heavy atom. The Labute approximate surface area is 569 Å². The number of benzene rings is 9. The summed E-state index contributed by atoms with van der Waals surface area (Å²) in [4.78, 5) is 38.7. The summed E-state index contributed by atoms with van der Waals surface area (Å²) in [5.74, 6) is 1.74. The van der Waals surface area contributed by atoms with Gasteiger partial charge >= 0.3 is 10.3 Å². The van der Waals surface area contributed by atoms with Gasteiger partial charge in [-0.25, -0.2) is 0 Å². The molecule has 466 valence electrons. The number of nitrogens with zero attached hydrogens (tertiary/aromatic N) is 3. The number of phenolic OH excluding ortho intramolecular Hbond substituents is 2. The quantitative estimate of drug-likeness (QED) is 0.0561. The Morgan fingerprint density at radius 1 is 0.440 bits per heavy atom. The number of hydrogen-bond donors (Lipinski definition) is 6. The molecule has 0 unspecified atom stereocenters. The lowest BCUT2D eigenvalue weighted by Crippen LogP contribution is -2.29. The summed E-state index contributed by atoms with van der Waals surface area (Å²) in [6.45, 7) is -0.115. The van der Waals surface area contributed by atoms with E-state index in [1.54, 1.807) is 125 Å². The number of rotatable bonds is 10. The lowest BCUT2D eigenvalue weighted by molar-refractivity contribution is 0.282. The Kier molecular flexibility index (Phi) is 28.4. The molecular weight excluding hydrogens is 1460 g/mol. The lowest BCUT2D eigenvalue weighted by atomic mass is 9.81. The van der Waals surface area contributed by atoms with Crippen molar-refractivity contribution < 1.29 is 39.9 Å². The number of ether oxygens (including phenoxy) is 2. The van der Waals surface area contributed by atoms with E-state index in [9.17, 15) is 34.8 Å². The van der Waals surface area contributed by atoms with Crippen molar-refractivity contribution in [3.05, 3.63) is 284 Å². The summed E-state index contributed by atoms with van der Waals surface area (Å²) in [6.07, 6.45) is 5.38. The van der Waals surface area contributed by atoms with Crippen LogP contribution in [0.2, 0.25) is 0 Å². The third-order valence-electron chi connectivity index (χ3n) is 13.6. The first-order valence-electron chi connectivity index (χ1n) is 27.2. The van der Waals surface area contributed by atoms with Crippen LogP contribution < -0.4 is 31.6 Å². The van der Waals surface area contributed by atoms with Crippen molar-refractivity contribution in [3.8, 4) is 62.3 Å². The molecule has 0 spiro atoms. The molecule has 3 aromatic heterocycles. The predicted molar refractivity (Wildman–Crippen MR) is 388 cm³/mol. The van der Waals surface area contributed by atoms with Crippen LogP contribution in [0, 0.1) is 0 Å². The van der Waals surface area contributed by atoms with E-state index in [1.807, 2.05) is 134 Å². The number of pyridine rings is 3. The molecule has 0 aliphatic carbocycles. The predicted octanol–water partition coefficient (Wildman–Crippen LogP) is 15.1. The number of alkyl halides is 2. The molecule has 0 radical (unpaired) electrons. The lowest BCUT2D eigenvalue weighted by Gasteiger charge is -2.14. The first kappa shape index (κ1) is 72.3. The summed E-state index contributed by atoms with van der Waals surface area (Å²) >= 11 is 22.3. The van der Waals surface area contributed by atoms with Crippen molar-refractivity contribution in [1.29, 1.82) is 0 Å². The van der Waals surface area contributed by atoms with Crippen molar-refractivity contribution in [2.75, 3.05) is 19.6 Å². The zero-order valence-corrected chi connectivity index (χ0v) is 56.0. The van der Waals surface area contributed by atoms with E-state index in [-0.39, 0.29) is 57.3 Å². The fourth-order valence-corrected chi connectivity index (χ4v) is 9.79. The number of phenols is 2. The summed E-state index contributed by atoms with van der Waals surface area (Å²) in [6, 6.07) is 65.0. The molecule has 14 nitrogen and oxygen atoms in total. The average Bonchev–Trinajstić information content (AvgIpc) is 0.872. The Morgan fingerprint density at radius 2 is 0.769 bits per heavy atom. The van der Waals surface area contributed by atoms with Crippen LogP contribution in [0.15, 0.2) is 256 Å². The normalized spacial score (nSPS) is 10.2. The van der Waals surface area contributed by atoms with Crippen LogP contribution in [0.1, 0.15) is 18.6 Å². The second-order valence-electron chi connectivity index (χ2n) is 19.2. The van der Waals surface area contributed by atoms with Gasteiger partial charge in [-0.2, -0.15) is 0 Å². The van der Waals surface area contributed by atoms with Crippen LogP contribution in [0.3, 0.4) is 0 Å². The first-order chi connectivity index (χ1) is 43.4. The third-order valence-corrected chi connectivity index (χ3v) is 14.2. The highest BCUT2D eigenvalue weighted by Crippen LogP contribution is 2.32. The maximum Gasteiger partial charge on any atom is 0.488 e. The van der Waals surface area contributed by atoms with Crippen LogP contribution in [-0.2, 0) is 13.2 Å². The summed E-state index contributed by atoms with van der Waals surface area (Å²) < 4.78 is 16.2. The number of aliphatic hydroxyl groups is 2. The van der Waals surface area contributed by atoms with E-state index in [0.717, 1.165) is 71.5 Å². The average molecular weight is 1520 g/mol. The largest absolute Gasteiger partial charge is 0.508 e. The molecule has 0 saturated heterocycles. The molecule has 22 heteroatoms. The number of hydrogen-bond acceptors (Lipinski definition) is 11. The second kappa shape index (κ2) is 35.8. The van der Waals surface area contributed by atoms with Gasteiger partial charge in [0.1, 0.15) is 23.0 Å². The molecule has 9 aromatic carbocycles. The molecule has 0 saturated carbocycles. The summed E-state index contributed by atoms with van der Waals surface area (Å²) in [5.41, 5.74) is 7.64. The van der Waals surface area contributed by atoms with Crippen LogP contribution in [0.25, 0.3) is 71.6 Å². The SMILES string of the molecule is BrB(Br)Br.C.COc1ccc(-n2cc(-c3ccccc3)c3cc(CO)ccc3c2=O)cc1.COc1ccc(-n2cc(Br)c3cc(CO)ccc3c2=O)cc1.ClCCl.O=c1c2ccc(O)cc2c(-c2ccccc2)cn1-c1ccc(O)cc1.OB(O)c1ccccc1. The maximum atomic E-state index is 13.1. The molecule has 0 aliphatic rings. The van der Waals surface area contributed by atoms with Crippen LogP contribution in [0.4, 0.5) is 0 Å². The molecule has 0 amide bonds. The Hall–Kier alpha value is -7.72. The van der Waals surface area contributed by atoms with Gasteiger partial charge in [-0.15, -0.1) is 70.5 Å². The smallest absolute Gasteiger partial charge is 0.488 e. The number of aliphatic hydroxyl groups excluding tert-OH is 2. The van der Waals surface area contributed by atoms with Crippen molar-refractivity contribution in [2.45, 2.75) is 20.6 Å². The summed E-state index contributed by atoms with van der Waals surface area (Å²) in [5, 5.41) is 59.5. The molecule has 0 atom stereocenters. The van der Waals surface area contributed by atoms with Gasteiger partial charge in [-0.3, -0.25) is 28.1 Å². The van der Waals surface area contributed by atoms with Gasteiger partial charge in [0.05, 0.1) is 32.8 Å². The van der Waals surface area contributed by atoms with Crippen LogP contribution in [-0.4, -0.2) is 74.0 Å². The minimum atomic E-state index is -1.34. The third kappa shape index (κ3) is 19.4. The van der Waals surface area contributed by atoms with Gasteiger partial charge in [0.2, 0.25) is 0 Å². The molecule has 6 N–H and O–H groups in total. The van der Waals surface area contributed by atoms with Gasteiger partial charge in [-0.1, -0.05) is 111 Å². The molecule has 12 rings (SSSR count). The van der Waals surface area contributed by atoms with Crippen molar-refractivity contribution in [2.24, 2.45) is 0 Å². The van der Waals surface area contributed by atoms with E-state index in [1.165, 1.54) is 6.07 Å². The van der Waals surface area contributed by atoms with Gasteiger partial charge in [0, 0.05) is 78.2 Å². The molecular formula is C69H61B2Br4Cl2N3O11. The van der Waals surface area contributed by atoms with E-state index < -0.39 is 7.12 Å². The number of methoxy groups -OCH3 is 2. The molecule has 0 fully saturated rings. The molecule has 91 heavy (non-hydrogen) atoms. The van der Waals surface area contributed by atoms with Crippen LogP contribution in [0.5, 0.6) is 23.0 Å².